The lowest BCUT2D eigenvalue weighted by molar-refractivity contribution is 0.716. The number of aryl methyl sites for hydroxylation is 1. The molecule has 0 saturated carbocycles. The van der Waals surface area contributed by atoms with Crippen LogP contribution in [0.25, 0.3) is 28.2 Å². The molecule has 0 atom stereocenters. The molecule has 0 aliphatic carbocycles. The van der Waals surface area contributed by atoms with Crippen LogP contribution in [0, 0.1) is 6.92 Å². The van der Waals surface area contributed by atoms with E-state index in [1.807, 2.05) is 13.8 Å². The van der Waals surface area contributed by atoms with Gasteiger partial charge in [-0.3, -0.25) is 9.36 Å². The molecule has 0 aliphatic heterocycles. The quantitative estimate of drug-likeness (QED) is 0.413. The van der Waals surface area contributed by atoms with Crippen LogP contribution in [-0.2, 0) is 6.54 Å². The van der Waals surface area contributed by atoms with Gasteiger partial charge in [0.1, 0.15) is 10.3 Å². The molecule has 6 nitrogen and oxygen atoms in total. The summed E-state index contributed by atoms with van der Waals surface area (Å²) in [7, 11) is 0. The zero-order valence-corrected chi connectivity index (χ0v) is 18.0. The van der Waals surface area contributed by atoms with Gasteiger partial charge in [0.2, 0.25) is 0 Å². The molecule has 0 aliphatic rings. The van der Waals surface area contributed by atoms with E-state index in [1.165, 1.54) is 0 Å². The van der Waals surface area contributed by atoms with Gasteiger partial charge in [0.15, 0.2) is 11.6 Å². The molecule has 0 saturated heterocycles. The Balaban J connectivity index is 2.09. The number of pyridine rings is 1. The van der Waals surface area contributed by atoms with Crippen LogP contribution in [0.1, 0.15) is 12.5 Å². The molecule has 0 fully saturated rings. The molecular formula is C19H14BrCl2N5O. The second-order valence-corrected chi connectivity index (χ2v) is 7.83. The van der Waals surface area contributed by atoms with Crippen LogP contribution in [-0.4, -0.2) is 24.3 Å². The summed E-state index contributed by atoms with van der Waals surface area (Å²) in [6.07, 6.45) is 1.63. The smallest absolute Gasteiger partial charge is 0.261 e. The summed E-state index contributed by atoms with van der Waals surface area (Å²) in [4.78, 5) is 22.3. The third-order valence-electron chi connectivity index (χ3n) is 4.38. The van der Waals surface area contributed by atoms with E-state index in [1.54, 1.807) is 45.8 Å². The largest absolute Gasteiger partial charge is 0.291 e. The molecule has 0 amide bonds. The molecule has 0 radical (unpaired) electrons. The predicted octanol–water partition coefficient (Wildman–Crippen LogP) is 5.04. The van der Waals surface area contributed by atoms with Crippen molar-refractivity contribution in [3.8, 4) is 17.3 Å². The zero-order chi connectivity index (χ0) is 20.0. The molecule has 3 aromatic heterocycles. The first kappa shape index (κ1) is 19.1. The summed E-state index contributed by atoms with van der Waals surface area (Å²) in [5.74, 6) is 0.931. The molecule has 0 N–H and O–H groups in total. The third-order valence-corrected chi connectivity index (χ3v) is 5.28. The highest BCUT2D eigenvalue weighted by molar-refractivity contribution is 9.10. The second-order valence-electron chi connectivity index (χ2n) is 6.18. The topological polar surface area (TPSA) is 65.6 Å². The Morgan fingerprint density at radius 2 is 2.00 bits per heavy atom. The first-order valence-electron chi connectivity index (χ1n) is 8.48. The molecule has 0 bridgehead atoms. The Kier molecular flexibility index (Phi) is 4.99. The predicted molar refractivity (Wildman–Crippen MR) is 114 cm³/mol. The number of fused-ring (bicyclic) bond motifs is 1. The number of halogens is 3. The Labute approximate surface area is 178 Å². The number of benzene rings is 1. The number of nitrogens with zero attached hydrogens (tertiary/aromatic N) is 5. The zero-order valence-electron chi connectivity index (χ0n) is 14.9. The van der Waals surface area contributed by atoms with Gasteiger partial charge in [0.05, 0.1) is 15.9 Å². The van der Waals surface area contributed by atoms with Crippen LogP contribution in [0.4, 0.5) is 0 Å². The Morgan fingerprint density at radius 3 is 2.71 bits per heavy atom. The summed E-state index contributed by atoms with van der Waals surface area (Å²) in [6, 6.07) is 8.71. The highest BCUT2D eigenvalue weighted by Gasteiger charge is 2.20. The van der Waals surface area contributed by atoms with Crippen molar-refractivity contribution in [2.24, 2.45) is 0 Å². The van der Waals surface area contributed by atoms with Crippen LogP contribution < -0.4 is 5.56 Å². The molecule has 142 valence electrons. The average molecular weight is 479 g/mol. The van der Waals surface area contributed by atoms with Crippen LogP contribution in [0.15, 0.2) is 45.9 Å². The first-order valence-corrected chi connectivity index (χ1v) is 10.0. The van der Waals surface area contributed by atoms with Gasteiger partial charge in [0.25, 0.3) is 5.56 Å². The minimum absolute atomic E-state index is 0.163. The molecule has 1 aromatic carbocycles. The van der Waals surface area contributed by atoms with Gasteiger partial charge in [-0.15, -0.1) is 0 Å². The summed E-state index contributed by atoms with van der Waals surface area (Å²) in [6.45, 7) is 4.20. The fourth-order valence-corrected chi connectivity index (χ4v) is 4.00. The van der Waals surface area contributed by atoms with E-state index in [0.29, 0.717) is 49.4 Å². The summed E-state index contributed by atoms with van der Waals surface area (Å²) < 4.78 is 3.75. The monoisotopic (exact) mass is 477 g/mol. The highest BCUT2D eigenvalue weighted by atomic mass is 79.9. The summed E-state index contributed by atoms with van der Waals surface area (Å²) in [5.41, 5.74) is 1.86. The molecule has 4 rings (SSSR count). The van der Waals surface area contributed by atoms with Crippen LogP contribution >= 0.6 is 39.1 Å². The standard InChI is InChI=1S/C19H14BrCl2N5O/c1-3-26-18(24-16-10(2)7-11(21)8-12(16)19(26)28)14-9-15(20)25-27(14)17-13(22)5-4-6-23-17/h4-9H,3H2,1-2H3. The average Bonchev–Trinajstić information content (AvgIpc) is 3.04. The summed E-state index contributed by atoms with van der Waals surface area (Å²) >= 11 is 15.9. The van der Waals surface area contributed by atoms with Gasteiger partial charge < -0.3 is 0 Å². The third kappa shape index (κ3) is 3.13. The number of hydrogen-bond donors (Lipinski definition) is 0. The van der Waals surface area contributed by atoms with Crippen LogP contribution in [0.5, 0.6) is 0 Å². The van der Waals surface area contributed by atoms with Crippen LogP contribution in [0.3, 0.4) is 0 Å². The van der Waals surface area contributed by atoms with Crippen molar-refractivity contribution in [1.29, 1.82) is 0 Å². The van der Waals surface area contributed by atoms with Gasteiger partial charge in [0, 0.05) is 23.8 Å². The maximum Gasteiger partial charge on any atom is 0.261 e. The van der Waals surface area contributed by atoms with E-state index in [2.05, 4.69) is 26.0 Å². The lowest BCUT2D eigenvalue weighted by Crippen LogP contribution is -2.24. The first-order chi connectivity index (χ1) is 13.4. The van der Waals surface area contributed by atoms with Crippen molar-refractivity contribution in [1.82, 2.24) is 24.3 Å². The minimum Gasteiger partial charge on any atom is -0.291 e. The van der Waals surface area contributed by atoms with E-state index in [0.717, 1.165) is 5.56 Å². The Hall–Kier alpha value is -2.22. The molecular weight excluding hydrogens is 465 g/mol. The number of rotatable bonds is 3. The van der Waals surface area contributed by atoms with Gasteiger partial charge in [-0.25, -0.2) is 14.6 Å². The maximum absolute atomic E-state index is 13.2. The lowest BCUT2D eigenvalue weighted by Gasteiger charge is -2.14. The van der Waals surface area contributed by atoms with Crippen molar-refractivity contribution in [2.75, 3.05) is 0 Å². The van der Waals surface area contributed by atoms with E-state index < -0.39 is 0 Å². The minimum atomic E-state index is -0.163. The van der Waals surface area contributed by atoms with Crippen molar-refractivity contribution in [3.05, 3.63) is 67.1 Å². The van der Waals surface area contributed by atoms with Crippen molar-refractivity contribution < 1.29 is 0 Å². The number of aromatic nitrogens is 5. The number of hydrogen-bond acceptors (Lipinski definition) is 4. The van der Waals surface area contributed by atoms with Gasteiger partial charge >= 0.3 is 0 Å². The van der Waals surface area contributed by atoms with E-state index in [4.69, 9.17) is 28.2 Å². The molecule has 3 heterocycles. The Morgan fingerprint density at radius 1 is 1.21 bits per heavy atom. The fraction of sp³-hybridized carbons (Fsp3) is 0.158. The highest BCUT2D eigenvalue weighted by Crippen LogP contribution is 2.29. The molecule has 0 unspecified atom stereocenters. The maximum atomic E-state index is 13.2. The SMILES string of the molecule is CCn1c(-c2cc(Br)nn2-c2ncccc2Cl)nc2c(C)cc(Cl)cc2c1=O. The lowest BCUT2D eigenvalue weighted by atomic mass is 10.1. The van der Waals surface area contributed by atoms with Gasteiger partial charge in [-0.2, -0.15) is 5.10 Å². The fourth-order valence-electron chi connectivity index (χ4n) is 3.15. The van der Waals surface area contributed by atoms with E-state index >= 15 is 0 Å². The molecule has 4 aromatic rings. The molecule has 0 spiro atoms. The van der Waals surface area contributed by atoms with Crippen molar-refractivity contribution in [2.45, 2.75) is 20.4 Å². The van der Waals surface area contributed by atoms with E-state index in [9.17, 15) is 4.79 Å². The molecule has 28 heavy (non-hydrogen) atoms. The van der Waals surface area contributed by atoms with Crippen molar-refractivity contribution in [3.63, 3.8) is 0 Å². The summed E-state index contributed by atoms with van der Waals surface area (Å²) in [5, 5.41) is 5.88. The van der Waals surface area contributed by atoms with E-state index in [-0.39, 0.29) is 5.56 Å². The Bertz CT molecular complexity index is 1280. The van der Waals surface area contributed by atoms with Crippen molar-refractivity contribution >= 4 is 50.0 Å². The van der Waals surface area contributed by atoms with Crippen LogP contribution in [0.2, 0.25) is 10.0 Å². The van der Waals surface area contributed by atoms with Gasteiger partial charge in [-0.05, 0) is 59.6 Å². The second kappa shape index (κ2) is 7.31. The molecule has 9 heteroatoms. The van der Waals surface area contributed by atoms with Gasteiger partial charge in [-0.1, -0.05) is 23.2 Å². The normalized spacial score (nSPS) is 11.3.